The average Bonchev–Trinajstić information content (AvgIpc) is 2.59. The van der Waals surface area contributed by atoms with Crippen LogP contribution in [0.25, 0.3) is 0 Å². The molecule has 0 aliphatic carbocycles. The molecule has 1 atom stereocenters. The number of hydrogen-bond acceptors (Lipinski definition) is 2. The smallest absolute Gasteiger partial charge is 0.0592 e. The third-order valence-corrected chi connectivity index (χ3v) is 2.78. The highest BCUT2D eigenvalue weighted by Crippen LogP contribution is 2.22. The topological polar surface area (TPSA) is 38.0 Å². The summed E-state index contributed by atoms with van der Waals surface area (Å²) in [6, 6.07) is 2.03. The highest BCUT2D eigenvalue weighted by atomic mass is 16.3. The molecule has 0 bridgehead atoms. The van der Waals surface area contributed by atoms with Crippen molar-refractivity contribution in [2.75, 3.05) is 0 Å². The van der Waals surface area contributed by atoms with E-state index >= 15 is 0 Å². The van der Waals surface area contributed by atoms with Crippen LogP contribution in [0.5, 0.6) is 0 Å². The first kappa shape index (κ1) is 12.2. The zero-order chi connectivity index (χ0) is 11.5. The molecular weight excluding hydrogens is 188 g/mol. The van der Waals surface area contributed by atoms with Crippen molar-refractivity contribution in [2.45, 2.75) is 53.2 Å². The van der Waals surface area contributed by atoms with Gasteiger partial charge in [-0.25, -0.2) is 0 Å². The number of nitrogens with zero attached hydrogens (tertiary/aromatic N) is 2. The van der Waals surface area contributed by atoms with Crippen molar-refractivity contribution >= 4 is 0 Å². The second-order valence-electron chi connectivity index (χ2n) is 5.06. The number of aliphatic hydroxyl groups is 1. The number of aryl methyl sites for hydroxylation is 2. The van der Waals surface area contributed by atoms with Crippen molar-refractivity contribution in [1.29, 1.82) is 0 Å². The molecular formula is C12H22N2O. The van der Waals surface area contributed by atoms with Crippen LogP contribution in [-0.4, -0.2) is 21.0 Å². The van der Waals surface area contributed by atoms with Gasteiger partial charge in [0.15, 0.2) is 0 Å². The molecule has 3 nitrogen and oxygen atoms in total. The lowest BCUT2D eigenvalue weighted by molar-refractivity contribution is 0.0555. The molecule has 1 N–H and O–H groups in total. The van der Waals surface area contributed by atoms with Crippen molar-refractivity contribution in [1.82, 2.24) is 9.78 Å². The van der Waals surface area contributed by atoms with Crippen molar-refractivity contribution < 1.29 is 5.11 Å². The van der Waals surface area contributed by atoms with Crippen LogP contribution in [0.4, 0.5) is 0 Å². The van der Waals surface area contributed by atoms with E-state index in [9.17, 15) is 5.11 Å². The summed E-state index contributed by atoms with van der Waals surface area (Å²) in [6.45, 7) is 9.17. The number of hydrogen-bond donors (Lipinski definition) is 1. The molecule has 86 valence electrons. The summed E-state index contributed by atoms with van der Waals surface area (Å²) in [4.78, 5) is 0. The van der Waals surface area contributed by atoms with Crippen molar-refractivity contribution in [2.24, 2.45) is 5.41 Å². The molecule has 0 aliphatic rings. The van der Waals surface area contributed by atoms with Crippen molar-refractivity contribution in [3.8, 4) is 0 Å². The lowest BCUT2D eigenvalue weighted by Gasteiger charge is -2.25. The van der Waals surface area contributed by atoms with E-state index in [1.165, 1.54) is 5.69 Å². The first-order valence-corrected chi connectivity index (χ1v) is 5.64. The average molecular weight is 210 g/mol. The summed E-state index contributed by atoms with van der Waals surface area (Å²) in [5.74, 6) is 0. The Balaban J connectivity index is 2.50. The van der Waals surface area contributed by atoms with Gasteiger partial charge >= 0.3 is 0 Å². The fourth-order valence-corrected chi connectivity index (χ4v) is 1.57. The predicted octanol–water partition coefficient (Wildman–Crippen LogP) is 2.24. The van der Waals surface area contributed by atoms with E-state index in [0.717, 1.165) is 19.4 Å². The molecule has 1 aromatic rings. The maximum absolute atomic E-state index is 9.92. The van der Waals surface area contributed by atoms with Crippen LogP contribution in [-0.2, 0) is 13.0 Å². The Morgan fingerprint density at radius 3 is 2.67 bits per heavy atom. The third kappa shape index (κ3) is 3.34. The number of aromatic nitrogens is 2. The van der Waals surface area contributed by atoms with Gasteiger partial charge in [-0.05, 0) is 31.2 Å². The first-order chi connectivity index (χ1) is 6.95. The van der Waals surface area contributed by atoms with Gasteiger partial charge in [0.25, 0.3) is 0 Å². The lowest BCUT2D eigenvalue weighted by Crippen LogP contribution is -2.26. The van der Waals surface area contributed by atoms with Gasteiger partial charge in [-0.3, -0.25) is 4.68 Å². The van der Waals surface area contributed by atoms with Crippen LogP contribution in [0.2, 0.25) is 0 Å². The fourth-order valence-electron chi connectivity index (χ4n) is 1.57. The maximum atomic E-state index is 9.92. The zero-order valence-electron chi connectivity index (χ0n) is 10.2. The molecule has 1 unspecified atom stereocenters. The summed E-state index contributed by atoms with van der Waals surface area (Å²) in [5.41, 5.74) is 1.18. The van der Waals surface area contributed by atoms with Gasteiger partial charge in [0.05, 0.1) is 6.10 Å². The minimum atomic E-state index is -0.252. The second kappa shape index (κ2) is 4.79. The Hall–Kier alpha value is -0.830. The molecule has 3 heteroatoms. The van der Waals surface area contributed by atoms with E-state index in [0.29, 0.717) is 0 Å². The zero-order valence-corrected chi connectivity index (χ0v) is 10.2. The van der Waals surface area contributed by atoms with Gasteiger partial charge in [-0.1, -0.05) is 20.8 Å². The summed E-state index contributed by atoms with van der Waals surface area (Å²) in [7, 11) is 0. The van der Waals surface area contributed by atoms with Crippen LogP contribution in [0, 0.1) is 5.41 Å². The summed E-state index contributed by atoms with van der Waals surface area (Å²) < 4.78 is 1.98. The molecule has 0 radical (unpaired) electrons. The molecule has 0 fully saturated rings. The Labute approximate surface area is 92.1 Å². The van der Waals surface area contributed by atoms with Crippen LogP contribution in [0.3, 0.4) is 0 Å². The van der Waals surface area contributed by atoms with Gasteiger partial charge in [0.2, 0.25) is 0 Å². The Bertz CT molecular complexity index is 299. The highest BCUT2D eigenvalue weighted by Gasteiger charge is 2.21. The maximum Gasteiger partial charge on any atom is 0.0592 e. The minimum absolute atomic E-state index is 0.0307. The third-order valence-electron chi connectivity index (χ3n) is 2.78. The second-order valence-corrected chi connectivity index (χ2v) is 5.06. The van der Waals surface area contributed by atoms with Crippen molar-refractivity contribution in [3.63, 3.8) is 0 Å². The molecule has 0 aliphatic heterocycles. The molecule has 0 saturated carbocycles. The molecule has 1 rings (SSSR count). The normalized spacial score (nSPS) is 14.2. The van der Waals surface area contributed by atoms with Gasteiger partial charge < -0.3 is 5.11 Å². The van der Waals surface area contributed by atoms with E-state index in [2.05, 4.69) is 32.8 Å². The predicted molar refractivity (Wildman–Crippen MR) is 61.7 cm³/mol. The molecule has 0 saturated heterocycles. The molecule has 1 heterocycles. The first-order valence-electron chi connectivity index (χ1n) is 5.64. The van der Waals surface area contributed by atoms with Gasteiger partial charge in [0, 0.05) is 18.4 Å². The van der Waals surface area contributed by atoms with Gasteiger partial charge in [-0.2, -0.15) is 5.10 Å². The van der Waals surface area contributed by atoms with E-state index in [1.54, 1.807) is 0 Å². The lowest BCUT2D eigenvalue weighted by atomic mass is 9.86. The highest BCUT2D eigenvalue weighted by molar-refractivity contribution is 5.01. The van der Waals surface area contributed by atoms with Crippen LogP contribution < -0.4 is 0 Å². The van der Waals surface area contributed by atoms with E-state index < -0.39 is 0 Å². The van der Waals surface area contributed by atoms with Crippen molar-refractivity contribution in [3.05, 3.63) is 18.0 Å². The molecule has 0 spiro atoms. The quantitative estimate of drug-likeness (QED) is 0.827. The monoisotopic (exact) mass is 210 g/mol. The van der Waals surface area contributed by atoms with Gasteiger partial charge in [-0.15, -0.1) is 0 Å². The summed E-state index contributed by atoms with van der Waals surface area (Å²) >= 11 is 0. The largest absolute Gasteiger partial charge is 0.393 e. The van der Waals surface area contributed by atoms with Crippen LogP contribution in [0.1, 0.15) is 39.8 Å². The summed E-state index contributed by atoms with van der Waals surface area (Å²) in [5, 5.41) is 14.1. The summed E-state index contributed by atoms with van der Waals surface area (Å²) in [6.07, 6.45) is 3.27. The Morgan fingerprint density at radius 1 is 1.47 bits per heavy atom. The molecule has 0 amide bonds. The van der Waals surface area contributed by atoms with Crippen LogP contribution in [0.15, 0.2) is 12.3 Å². The van der Waals surface area contributed by atoms with E-state index in [1.807, 2.05) is 16.9 Å². The number of rotatable bonds is 4. The molecule has 15 heavy (non-hydrogen) atoms. The van der Waals surface area contributed by atoms with E-state index in [4.69, 9.17) is 0 Å². The Morgan fingerprint density at radius 2 is 2.13 bits per heavy atom. The Kier molecular flexibility index (Phi) is 3.91. The minimum Gasteiger partial charge on any atom is -0.393 e. The molecule has 0 aromatic carbocycles. The SMILES string of the molecule is CCn1nccc1CCC(O)C(C)(C)C. The van der Waals surface area contributed by atoms with Gasteiger partial charge in [0.1, 0.15) is 0 Å². The van der Waals surface area contributed by atoms with E-state index in [-0.39, 0.29) is 11.5 Å². The van der Waals surface area contributed by atoms with Crippen LogP contribution >= 0.6 is 0 Å². The number of aliphatic hydroxyl groups excluding tert-OH is 1. The standard InChI is InChI=1S/C12H22N2O/c1-5-14-10(8-9-13-14)6-7-11(15)12(2,3)4/h8-9,11,15H,5-7H2,1-4H3. The fraction of sp³-hybridized carbons (Fsp3) is 0.750. The molecule has 1 aromatic heterocycles.